The van der Waals surface area contributed by atoms with Crippen molar-refractivity contribution in [1.29, 1.82) is 0 Å². The van der Waals surface area contributed by atoms with Crippen molar-refractivity contribution in [2.45, 2.75) is 39.8 Å². The number of nitrogens with zero attached hydrogens (tertiary/aromatic N) is 3. The summed E-state index contributed by atoms with van der Waals surface area (Å²) in [5, 5.41) is 3.41. The number of rotatable bonds is 5. The normalized spacial score (nSPS) is 16.9. The van der Waals surface area contributed by atoms with Gasteiger partial charge in [-0.05, 0) is 38.8 Å². The second-order valence-corrected chi connectivity index (χ2v) is 6.85. The van der Waals surface area contributed by atoms with Gasteiger partial charge < -0.3 is 16.0 Å². The zero-order valence-electron chi connectivity index (χ0n) is 15.3. The van der Waals surface area contributed by atoms with E-state index in [4.69, 9.17) is 5.73 Å². The fourth-order valence-corrected chi connectivity index (χ4v) is 3.20. The number of nitrogens with two attached hydrogens (primary N) is 1. The van der Waals surface area contributed by atoms with E-state index < -0.39 is 5.91 Å². The molecule has 0 saturated carbocycles. The minimum absolute atomic E-state index is 0.0428. The average Bonchev–Trinajstić information content (AvgIpc) is 3.05. The van der Waals surface area contributed by atoms with E-state index >= 15 is 0 Å². The van der Waals surface area contributed by atoms with Gasteiger partial charge in [-0.2, -0.15) is 0 Å². The molecular weight excluding hydrogens is 333 g/mol. The van der Waals surface area contributed by atoms with Gasteiger partial charge in [0, 0.05) is 42.5 Å². The maximum absolute atomic E-state index is 14.0. The van der Waals surface area contributed by atoms with Crippen molar-refractivity contribution in [3.05, 3.63) is 52.2 Å². The zero-order valence-corrected chi connectivity index (χ0v) is 15.3. The molecule has 2 aromatic rings. The molecule has 3 N–H and O–H groups in total. The van der Waals surface area contributed by atoms with E-state index in [1.807, 2.05) is 32.9 Å². The van der Waals surface area contributed by atoms with Gasteiger partial charge in [0.05, 0.1) is 0 Å². The lowest BCUT2D eigenvalue weighted by molar-refractivity contribution is 0.0990. The SMILES string of the molecule is Cc1ccc(CN[C@@H]2CCN(c3nc(C(N)=O)nc(C)c3C)C2)c(F)c1. The smallest absolute Gasteiger partial charge is 0.286 e. The predicted octanol–water partition coefficient (Wildman–Crippen LogP) is 2.01. The number of carbonyl (C=O) groups excluding carboxylic acids is 1. The van der Waals surface area contributed by atoms with Crippen molar-refractivity contribution < 1.29 is 9.18 Å². The molecule has 1 fully saturated rings. The van der Waals surface area contributed by atoms with Crippen molar-refractivity contribution >= 4 is 11.7 Å². The molecule has 7 heteroatoms. The van der Waals surface area contributed by atoms with E-state index in [2.05, 4.69) is 20.2 Å². The van der Waals surface area contributed by atoms with Gasteiger partial charge in [-0.1, -0.05) is 12.1 Å². The number of anilines is 1. The summed E-state index contributed by atoms with van der Waals surface area (Å²) in [7, 11) is 0. The van der Waals surface area contributed by atoms with Crippen molar-refractivity contribution in [3.8, 4) is 0 Å². The van der Waals surface area contributed by atoms with Crippen molar-refractivity contribution in [2.75, 3.05) is 18.0 Å². The van der Waals surface area contributed by atoms with Crippen LogP contribution in [-0.2, 0) is 6.54 Å². The molecule has 0 aliphatic carbocycles. The molecule has 6 nitrogen and oxygen atoms in total. The van der Waals surface area contributed by atoms with Crippen LogP contribution in [-0.4, -0.2) is 35.0 Å². The summed E-state index contributed by atoms with van der Waals surface area (Å²) in [4.78, 5) is 22.1. The van der Waals surface area contributed by atoms with Crippen LogP contribution in [0.25, 0.3) is 0 Å². The van der Waals surface area contributed by atoms with E-state index in [0.717, 1.165) is 42.1 Å². The molecule has 1 aromatic heterocycles. The number of nitrogens with one attached hydrogen (secondary N) is 1. The Kier molecular flexibility index (Phi) is 5.18. The van der Waals surface area contributed by atoms with Gasteiger partial charge in [-0.3, -0.25) is 4.79 Å². The molecular formula is C19H24FN5O. The lowest BCUT2D eigenvalue weighted by Gasteiger charge is -2.21. The molecule has 0 radical (unpaired) electrons. The number of primary amides is 1. The monoisotopic (exact) mass is 357 g/mol. The van der Waals surface area contributed by atoms with E-state index in [1.54, 1.807) is 6.07 Å². The minimum Gasteiger partial charge on any atom is -0.363 e. The Morgan fingerprint density at radius 3 is 2.81 bits per heavy atom. The molecule has 138 valence electrons. The van der Waals surface area contributed by atoms with Crippen LogP contribution in [0.1, 0.15) is 39.4 Å². The maximum atomic E-state index is 14.0. The van der Waals surface area contributed by atoms with Crippen LogP contribution < -0.4 is 16.0 Å². The number of benzene rings is 1. The molecule has 0 unspecified atom stereocenters. The Bertz CT molecular complexity index is 839. The molecule has 1 aliphatic heterocycles. The number of amides is 1. The molecule has 1 atom stereocenters. The fraction of sp³-hybridized carbons (Fsp3) is 0.421. The Morgan fingerprint density at radius 2 is 2.12 bits per heavy atom. The van der Waals surface area contributed by atoms with Crippen LogP contribution >= 0.6 is 0 Å². The van der Waals surface area contributed by atoms with Crippen molar-refractivity contribution in [3.63, 3.8) is 0 Å². The van der Waals surface area contributed by atoms with E-state index in [9.17, 15) is 9.18 Å². The highest BCUT2D eigenvalue weighted by Crippen LogP contribution is 2.24. The molecule has 26 heavy (non-hydrogen) atoms. The van der Waals surface area contributed by atoms with Gasteiger partial charge in [0.25, 0.3) is 5.91 Å². The summed E-state index contributed by atoms with van der Waals surface area (Å²) in [6, 6.07) is 5.51. The van der Waals surface area contributed by atoms with Crippen LogP contribution in [0.5, 0.6) is 0 Å². The first-order valence-corrected chi connectivity index (χ1v) is 8.73. The first-order chi connectivity index (χ1) is 12.3. The van der Waals surface area contributed by atoms with E-state index in [1.165, 1.54) is 0 Å². The number of halogens is 1. The van der Waals surface area contributed by atoms with E-state index in [0.29, 0.717) is 12.1 Å². The van der Waals surface area contributed by atoms with Gasteiger partial charge in [0.15, 0.2) is 0 Å². The van der Waals surface area contributed by atoms with Crippen LogP contribution in [0.2, 0.25) is 0 Å². The lowest BCUT2D eigenvalue weighted by Crippen LogP contribution is -2.33. The first kappa shape index (κ1) is 18.3. The zero-order chi connectivity index (χ0) is 18.8. The molecule has 0 bridgehead atoms. The quantitative estimate of drug-likeness (QED) is 0.855. The number of carbonyl (C=O) groups is 1. The predicted molar refractivity (Wildman–Crippen MR) is 98.6 cm³/mol. The highest BCUT2D eigenvalue weighted by Gasteiger charge is 2.26. The molecule has 1 saturated heterocycles. The standard InChI is InChI=1S/C19H24FN5O/c1-11-4-5-14(16(20)8-11)9-22-15-6-7-25(10-15)19-12(2)13(3)23-18(24-19)17(21)26/h4-5,8,15,22H,6-7,9-10H2,1-3H3,(H2,21,26)/t15-/m1/s1. The molecule has 3 rings (SSSR count). The average molecular weight is 357 g/mol. The van der Waals surface area contributed by atoms with Gasteiger partial charge >= 0.3 is 0 Å². The molecule has 1 amide bonds. The number of aromatic nitrogens is 2. The summed E-state index contributed by atoms with van der Waals surface area (Å²) < 4.78 is 14.0. The maximum Gasteiger partial charge on any atom is 0.286 e. The van der Waals surface area contributed by atoms with Gasteiger partial charge in [-0.25, -0.2) is 14.4 Å². The van der Waals surface area contributed by atoms with Crippen molar-refractivity contribution in [2.24, 2.45) is 5.73 Å². The molecule has 2 heterocycles. The summed E-state index contributed by atoms with van der Waals surface area (Å²) in [6.07, 6.45) is 0.919. The van der Waals surface area contributed by atoms with Crippen LogP contribution in [0.3, 0.4) is 0 Å². The number of hydrogen-bond acceptors (Lipinski definition) is 5. The first-order valence-electron chi connectivity index (χ1n) is 8.73. The van der Waals surface area contributed by atoms with Gasteiger partial charge in [0.2, 0.25) is 5.82 Å². The molecule has 0 spiro atoms. The third kappa shape index (κ3) is 3.83. The Hall–Kier alpha value is -2.54. The highest BCUT2D eigenvalue weighted by molar-refractivity contribution is 5.89. The summed E-state index contributed by atoms with van der Waals surface area (Å²) in [6.45, 7) is 7.70. The topological polar surface area (TPSA) is 84.1 Å². The third-order valence-electron chi connectivity index (χ3n) is 4.86. The minimum atomic E-state index is -0.627. The van der Waals surface area contributed by atoms with Gasteiger partial charge in [0.1, 0.15) is 11.6 Å². The van der Waals surface area contributed by atoms with Gasteiger partial charge in [-0.15, -0.1) is 0 Å². The number of aryl methyl sites for hydroxylation is 2. The summed E-state index contributed by atoms with van der Waals surface area (Å²) in [5.41, 5.74) is 8.61. The van der Waals surface area contributed by atoms with Crippen LogP contribution in [0.4, 0.5) is 10.2 Å². The second-order valence-electron chi connectivity index (χ2n) is 6.85. The van der Waals surface area contributed by atoms with E-state index in [-0.39, 0.29) is 17.7 Å². The summed E-state index contributed by atoms with van der Waals surface area (Å²) in [5.74, 6) is -0.0165. The Labute approximate surface area is 152 Å². The molecule has 1 aliphatic rings. The fourth-order valence-electron chi connectivity index (χ4n) is 3.20. The molecule has 1 aromatic carbocycles. The highest BCUT2D eigenvalue weighted by atomic mass is 19.1. The van der Waals surface area contributed by atoms with Crippen molar-refractivity contribution in [1.82, 2.24) is 15.3 Å². The largest absolute Gasteiger partial charge is 0.363 e. The lowest BCUT2D eigenvalue weighted by atomic mass is 10.1. The van der Waals surface area contributed by atoms with Crippen LogP contribution in [0, 0.1) is 26.6 Å². The number of hydrogen-bond donors (Lipinski definition) is 2. The Balaban J connectivity index is 1.68. The third-order valence-corrected chi connectivity index (χ3v) is 4.86. The van der Waals surface area contributed by atoms with Crippen LogP contribution in [0.15, 0.2) is 18.2 Å². The Morgan fingerprint density at radius 1 is 1.35 bits per heavy atom. The summed E-state index contributed by atoms with van der Waals surface area (Å²) >= 11 is 0. The second kappa shape index (κ2) is 7.37.